The van der Waals surface area contributed by atoms with E-state index in [1.165, 1.54) is 22.5 Å². The Bertz CT molecular complexity index is 929. The zero-order valence-electron chi connectivity index (χ0n) is 15.2. The van der Waals surface area contributed by atoms with Gasteiger partial charge in [0.25, 0.3) is 0 Å². The molecule has 1 fully saturated rings. The largest absolute Gasteiger partial charge is 0.452 e. The van der Waals surface area contributed by atoms with Crippen molar-refractivity contribution in [1.29, 1.82) is 0 Å². The summed E-state index contributed by atoms with van der Waals surface area (Å²) < 4.78 is 37.7. The quantitative estimate of drug-likeness (QED) is 0.698. The molecule has 1 saturated heterocycles. The summed E-state index contributed by atoms with van der Waals surface area (Å²) in [5.74, 6) is 0.270. The first kappa shape index (κ1) is 19.9. The lowest BCUT2D eigenvalue weighted by Gasteiger charge is -2.26. The normalized spacial score (nSPS) is 15.7. The summed E-state index contributed by atoms with van der Waals surface area (Å²) in [6.07, 6.45) is 2.63. The molecule has 3 rings (SSSR count). The van der Waals surface area contributed by atoms with Gasteiger partial charge in [-0.2, -0.15) is 4.31 Å². The van der Waals surface area contributed by atoms with Gasteiger partial charge in [0.05, 0.1) is 16.3 Å². The highest BCUT2D eigenvalue weighted by atomic mass is 35.5. The van der Waals surface area contributed by atoms with E-state index in [4.69, 9.17) is 20.8 Å². The van der Waals surface area contributed by atoms with Crippen LogP contribution in [0.15, 0.2) is 27.5 Å². The topological polar surface area (TPSA) is 89.7 Å². The third-order valence-electron chi connectivity index (χ3n) is 4.50. The average Bonchev–Trinajstić information content (AvgIpc) is 2.98. The lowest BCUT2D eigenvalue weighted by Crippen LogP contribution is -2.35. The Kier molecular flexibility index (Phi) is 5.88. The monoisotopic (exact) mass is 412 g/mol. The standard InChI is InChI=1S/C18H21ClN2O5S/c1-12-13(2)26-17(20-12)11-25-18(22)14-6-7-15(19)16(10-14)27(23,24)21-8-4-3-5-9-21/h6-7,10H,3-5,8-9,11H2,1-2H3. The minimum Gasteiger partial charge on any atom is -0.452 e. The van der Waals surface area contributed by atoms with Crippen LogP contribution in [0.25, 0.3) is 0 Å². The minimum atomic E-state index is -3.76. The van der Waals surface area contributed by atoms with Crippen LogP contribution >= 0.6 is 11.6 Å². The van der Waals surface area contributed by atoms with Gasteiger partial charge in [-0.05, 0) is 44.9 Å². The van der Waals surface area contributed by atoms with Crippen LogP contribution in [0, 0.1) is 13.8 Å². The van der Waals surface area contributed by atoms with Crippen molar-refractivity contribution in [3.8, 4) is 0 Å². The van der Waals surface area contributed by atoms with Crippen LogP contribution in [0.2, 0.25) is 5.02 Å². The number of carbonyl (C=O) groups excluding carboxylic acids is 1. The van der Waals surface area contributed by atoms with E-state index in [1.807, 2.05) is 0 Å². The van der Waals surface area contributed by atoms with Gasteiger partial charge in [0.1, 0.15) is 10.7 Å². The number of hydrogen-bond donors (Lipinski definition) is 0. The lowest BCUT2D eigenvalue weighted by atomic mass is 10.2. The van der Waals surface area contributed by atoms with E-state index in [2.05, 4.69) is 4.98 Å². The number of rotatable bonds is 5. The number of sulfonamides is 1. The number of esters is 1. The molecule has 27 heavy (non-hydrogen) atoms. The van der Waals surface area contributed by atoms with Gasteiger partial charge in [-0.25, -0.2) is 18.2 Å². The van der Waals surface area contributed by atoms with Crippen LogP contribution in [-0.4, -0.2) is 36.8 Å². The molecule has 2 heterocycles. The molecular weight excluding hydrogens is 392 g/mol. The Balaban J connectivity index is 1.78. The molecule has 7 nitrogen and oxygen atoms in total. The Morgan fingerprint density at radius 3 is 2.59 bits per heavy atom. The third kappa shape index (κ3) is 4.34. The number of aromatic nitrogens is 1. The van der Waals surface area contributed by atoms with Crippen LogP contribution in [-0.2, 0) is 21.4 Å². The van der Waals surface area contributed by atoms with Crippen molar-refractivity contribution < 1.29 is 22.4 Å². The number of benzene rings is 1. The van der Waals surface area contributed by atoms with Gasteiger partial charge in [0, 0.05) is 13.1 Å². The number of nitrogens with zero attached hydrogens (tertiary/aromatic N) is 2. The number of piperidine rings is 1. The zero-order chi connectivity index (χ0) is 19.6. The molecule has 0 atom stereocenters. The predicted octanol–water partition coefficient (Wildman–Crippen LogP) is 3.48. The molecule has 1 aliphatic rings. The number of carbonyl (C=O) groups is 1. The second kappa shape index (κ2) is 8.00. The molecule has 0 amide bonds. The van der Waals surface area contributed by atoms with Crippen LogP contribution in [0.1, 0.15) is 47.0 Å². The van der Waals surface area contributed by atoms with Crippen LogP contribution in [0.3, 0.4) is 0 Å². The first-order valence-corrected chi connectivity index (χ1v) is 10.5. The van der Waals surface area contributed by atoms with E-state index in [0.29, 0.717) is 18.8 Å². The Morgan fingerprint density at radius 1 is 1.26 bits per heavy atom. The molecule has 0 unspecified atom stereocenters. The summed E-state index contributed by atoms with van der Waals surface area (Å²) >= 11 is 6.11. The van der Waals surface area contributed by atoms with Crippen LogP contribution < -0.4 is 0 Å². The van der Waals surface area contributed by atoms with Crippen molar-refractivity contribution in [2.75, 3.05) is 13.1 Å². The molecule has 146 valence electrons. The van der Waals surface area contributed by atoms with E-state index in [0.717, 1.165) is 25.0 Å². The van der Waals surface area contributed by atoms with E-state index in [9.17, 15) is 13.2 Å². The summed E-state index contributed by atoms with van der Waals surface area (Å²) in [5, 5.41) is 0.0797. The van der Waals surface area contributed by atoms with Gasteiger partial charge >= 0.3 is 5.97 Å². The summed E-state index contributed by atoms with van der Waals surface area (Å²) in [6, 6.07) is 4.10. The van der Waals surface area contributed by atoms with Gasteiger partial charge < -0.3 is 9.15 Å². The van der Waals surface area contributed by atoms with E-state index in [1.54, 1.807) is 13.8 Å². The Hall–Kier alpha value is -1.90. The van der Waals surface area contributed by atoms with Crippen molar-refractivity contribution >= 4 is 27.6 Å². The molecule has 1 aromatic heterocycles. The highest BCUT2D eigenvalue weighted by Gasteiger charge is 2.29. The van der Waals surface area contributed by atoms with Crippen LogP contribution in [0.4, 0.5) is 0 Å². The summed E-state index contributed by atoms with van der Waals surface area (Å²) in [7, 11) is -3.76. The molecule has 9 heteroatoms. The van der Waals surface area contributed by atoms with E-state index in [-0.39, 0.29) is 28.0 Å². The van der Waals surface area contributed by atoms with Crippen molar-refractivity contribution in [3.05, 3.63) is 46.1 Å². The first-order valence-electron chi connectivity index (χ1n) is 8.69. The Labute approximate surface area is 163 Å². The fourth-order valence-electron chi connectivity index (χ4n) is 2.88. The van der Waals surface area contributed by atoms with Crippen molar-refractivity contribution in [1.82, 2.24) is 9.29 Å². The zero-order valence-corrected chi connectivity index (χ0v) is 16.8. The molecule has 0 saturated carbocycles. The van der Waals surface area contributed by atoms with Crippen molar-refractivity contribution in [3.63, 3.8) is 0 Å². The highest BCUT2D eigenvalue weighted by molar-refractivity contribution is 7.89. The summed E-state index contributed by atoms with van der Waals surface area (Å²) in [5.41, 5.74) is 0.831. The molecule has 1 aliphatic heterocycles. The maximum atomic E-state index is 12.9. The van der Waals surface area contributed by atoms with Crippen LogP contribution in [0.5, 0.6) is 0 Å². The van der Waals surface area contributed by atoms with Gasteiger partial charge in [0.15, 0.2) is 6.61 Å². The summed E-state index contributed by atoms with van der Waals surface area (Å²) in [4.78, 5) is 16.4. The molecule has 0 N–H and O–H groups in total. The minimum absolute atomic E-state index is 0.0797. The fourth-order valence-corrected chi connectivity index (χ4v) is 4.90. The fraction of sp³-hybridized carbons (Fsp3) is 0.444. The molecule has 0 aliphatic carbocycles. The average molecular weight is 413 g/mol. The SMILES string of the molecule is Cc1nc(COC(=O)c2ccc(Cl)c(S(=O)(=O)N3CCCCC3)c2)oc1C. The first-order chi connectivity index (χ1) is 12.8. The lowest BCUT2D eigenvalue weighted by molar-refractivity contribution is 0.0436. The third-order valence-corrected chi connectivity index (χ3v) is 6.88. The van der Waals surface area contributed by atoms with Gasteiger partial charge in [0.2, 0.25) is 15.9 Å². The Morgan fingerprint density at radius 2 is 1.96 bits per heavy atom. The van der Waals surface area contributed by atoms with Gasteiger partial charge in [-0.15, -0.1) is 0 Å². The summed E-state index contributed by atoms with van der Waals surface area (Å²) in [6.45, 7) is 4.34. The number of ether oxygens (including phenoxy) is 1. The maximum Gasteiger partial charge on any atom is 0.338 e. The number of hydrogen-bond acceptors (Lipinski definition) is 6. The number of halogens is 1. The predicted molar refractivity (Wildman–Crippen MR) is 99.2 cm³/mol. The van der Waals surface area contributed by atoms with E-state index >= 15 is 0 Å². The van der Waals surface area contributed by atoms with Crippen molar-refractivity contribution in [2.45, 2.75) is 44.6 Å². The maximum absolute atomic E-state index is 12.9. The molecule has 0 bridgehead atoms. The second-order valence-corrected chi connectivity index (χ2v) is 8.75. The van der Waals surface area contributed by atoms with Gasteiger partial charge in [-0.3, -0.25) is 0 Å². The molecule has 0 radical (unpaired) electrons. The smallest absolute Gasteiger partial charge is 0.338 e. The molecular formula is C18H21ClN2O5S. The van der Waals surface area contributed by atoms with Crippen molar-refractivity contribution in [2.24, 2.45) is 0 Å². The van der Waals surface area contributed by atoms with Gasteiger partial charge in [-0.1, -0.05) is 18.0 Å². The highest BCUT2D eigenvalue weighted by Crippen LogP contribution is 2.28. The molecule has 2 aromatic rings. The molecule has 0 spiro atoms. The number of aryl methyl sites for hydroxylation is 2. The number of oxazole rings is 1. The second-order valence-electron chi connectivity index (χ2n) is 6.44. The molecule has 1 aromatic carbocycles. The van der Waals surface area contributed by atoms with E-state index < -0.39 is 16.0 Å².